The first-order chi connectivity index (χ1) is 13.0. The molecule has 0 atom stereocenters. The van der Waals surface area contributed by atoms with Crippen molar-refractivity contribution >= 4 is 0 Å². The molecule has 0 bridgehead atoms. The third kappa shape index (κ3) is 5.99. The molecule has 2 aliphatic rings. The Bertz CT molecular complexity index is 558. The van der Waals surface area contributed by atoms with Crippen LogP contribution in [0.2, 0.25) is 0 Å². The average molecular weight is 381 g/mol. The molecule has 0 spiro atoms. The fourth-order valence-electron chi connectivity index (χ4n) is 5.33. The monoisotopic (exact) mass is 380 g/mol. The number of halogens is 3. The predicted octanol–water partition coefficient (Wildman–Crippen LogP) is 7.84. The Morgan fingerprint density at radius 2 is 1.07 bits per heavy atom. The molecule has 0 saturated heterocycles. The van der Waals surface area contributed by atoms with Crippen LogP contribution in [0, 0.1) is 41.1 Å². The molecule has 0 aromatic heterocycles. The molecule has 0 aliphatic heterocycles. The van der Waals surface area contributed by atoms with Crippen molar-refractivity contribution in [3.8, 4) is 0 Å². The molecular weight excluding hydrogens is 345 g/mol. The van der Waals surface area contributed by atoms with E-state index >= 15 is 0 Å². The van der Waals surface area contributed by atoms with E-state index in [9.17, 15) is 13.2 Å². The Hall–Kier alpha value is -0.990. The van der Waals surface area contributed by atoms with Gasteiger partial charge in [0.2, 0.25) is 0 Å². The normalized spacial score (nSPS) is 29.0. The van der Waals surface area contributed by atoms with E-state index in [4.69, 9.17) is 0 Å². The lowest BCUT2D eigenvalue weighted by molar-refractivity contribution is 0.212. The van der Waals surface area contributed by atoms with Gasteiger partial charge in [-0.2, -0.15) is 0 Å². The third-order valence-electron chi connectivity index (χ3n) is 7.38. The summed E-state index contributed by atoms with van der Waals surface area (Å²) in [7, 11) is 0. The van der Waals surface area contributed by atoms with Crippen LogP contribution in [0.15, 0.2) is 12.1 Å². The van der Waals surface area contributed by atoms with Gasteiger partial charge in [0.25, 0.3) is 0 Å². The first-order valence-corrected chi connectivity index (χ1v) is 11.2. The Morgan fingerprint density at radius 3 is 1.52 bits per heavy atom. The van der Waals surface area contributed by atoms with E-state index in [2.05, 4.69) is 6.92 Å². The summed E-state index contributed by atoms with van der Waals surface area (Å²) in [5.74, 6) is -0.0115. The Balaban J connectivity index is 1.33. The van der Waals surface area contributed by atoms with Crippen molar-refractivity contribution in [2.75, 3.05) is 0 Å². The van der Waals surface area contributed by atoms with E-state index in [1.54, 1.807) is 0 Å². The van der Waals surface area contributed by atoms with Crippen molar-refractivity contribution in [2.24, 2.45) is 23.7 Å². The number of benzene rings is 1. The van der Waals surface area contributed by atoms with E-state index in [0.29, 0.717) is 17.9 Å². The van der Waals surface area contributed by atoms with Gasteiger partial charge >= 0.3 is 0 Å². The van der Waals surface area contributed by atoms with E-state index in [0.717, 1.165) is 36.3 Å². The quantitative estimate of drug-likeness (QED) is 0.423. The number of aryl methyl sites for hydroxylation is 1. The molecule has 1 aromatic rings. The lowest BCUT2D eigenvalue weighted by Gasteiger charge is -2.32. The first kappa shape index (κ1) is 20.7. The van der Waals surface area contributed by atoms with Crippen molar-refractivity contribution in [2.45, 2.75) is 90.4 Å². The van der Waals surface area contributed by atoms with Crippen LogP contribution in [0.1, 0.15) is 89.5 Å². The van der Waals surface area contributed by atoms with Crippen LogP contribution in [0.3, 0.4) is 0 Å². The van der Waals surface area contributed by atoms with Crippen molar-refractivity contribution in [3.05, 3.63) is 35.1 Å². The van der Waals surface area contributed by atoms with Crippen molar-refractivity contribution in [1.82, 2.24) is 0 Å². The van der Waals surface area contributed by atoms with Gasteiger partial charge in [0.05, 0.1) is 0 Å². The highest BCUT2D eigenvalue weighted by Gasteiger charge is 2.24. The molecule has 3 heteroatoms. The van der Waals surface area contributed by atoms with Crippen LogP contribution in [-0.2, 0) is 6.42 Å². The van der Waals surface area contributed by atoms with Crippen molar-refractivity contribution in [3.63, 3.8) is 0 Å². The summed E-state index contributed by atoms with van der Waals surface area (Å²) in [6, 6.07) is 2.30. The Labute approximate surface area is 162 Å². The lowest BCUT2D eigenvalue weighted by atomic mass is 9.74. The average Bonchev–Trinajstić information content (AvgIpc) is 2.70. The van der Waals surface area contributed by atoms with Crippen LogP contribution in [0.25, 0.3) is 0 Å². The summed E-state index contributed by atoms with van der Waals surface area (Å²) in [4.78, 5) is 0. The van der Waals surface area contributed by atoms with Crippen LogP contribution in [0.5, 0.6) is 0 Å². The van der Waals surface area contributed by atoms with Gasteiger partial charge in [-0.25, -0.2) is 13.2 Å². The van der Waals surface area contributed by atoms with E-state index in [-0.39, 0.29) is 0 Å². The molecule has 0 amide bonds. The zero-order valence-electron chi connectivity index (χ0n) is 16.8. The lowest BCUT2D eigenvalue weighted by Crippen LogP contribution is -2.18. The number of rotatable bonds is 7. The van der Waals surface area contributed by atoms with Crippen LogP contribution < -0.4 is 0 Å². The second-order valence-corrected chi connectivity index (χ2v) is 9.17. The molecule has 0 nitrogen and oxygen atoms in total. The highest BCUT2D eigenvalue weighted by atomic mass is 19.2. The topological polar surface area (TPSA) is 0 Å². The summed E-state index contributed by atoms with van der Waals surface area (Å²) in [6.45, 7) is 2.33. The SMILES string of the molecule is CC[C@H]1CC[C@H](CC[C@H]2CC[C@H](CCc3cc(F)c(F)c(F)c3)CC2)CC1. The maximum Gasteiger partial charge on any atom is 0.194 e. The van der Waals surface area contributed by atoms with Gasteiger partial charge < -0.3 is 0 Å². The van der Waals surface area contributed by atoms with Gasteiger partial charge in [-0.1, -0.05) is 77.6 Å². The molecule has 2 fully saturated rings. The number of hydrogen-bond donors (Lipinski definition) is 0. The standard InChI is InChI=1S/C24H35F3/c1-2-17-3-5-18(6-4-17)7-8-19-9-11-20(12-10-19)13-14-21-15-22(25)24(27)23(26)16-21/h15-20H,2-14H2,1H3/t17-,18-,19-,20-. The molecule has 27 heavy (non-hydrogen) atoms. The van der Waals surface area contributed by atoms with E-state index < -0.39 is 17.5 Å². The zero-order chi connectivity index (χ0) is 19.2. The molecule has 0 heterocycles. The molecule has 2 saturated carbocycles. The van der Waals surface area contributed by atoms with Gasteiger partial charge in [-0.05, 0) is 54.2 Å². The molecular formula is C24H35F3. The molecule has 0 N–H and O–H groups in total. The third-order valence-corrected chi connectivity index (χ3v) is 7.38. The second-order valence-electron chi connectivity index (χ2n) is 9.17. The van der Waals surface area contributed by atoms with Gasteiger partial charge in [0, 0.05) is 0 Å². The van der Waals surface area contributed by atoms with Crippen LogP contribution in [0.4, 0.5) is 13.2 Å². The Kier molecular flexibility index (Phi) is 7.66. The molecule has 152 valence electrons. The summed E-state index contributed by atoms with van der Waals surface area (Å²) in [6.07, 6.45) is 16.6. The minimum Gasteiger partial charge on any atom is -0.204 e. The first-order valence-electron chi connectivity index (χ1n) is 11.2. The maximum absolute atomic E-state index is 13.3. The molecule has 0 unspecified atom stereocenters. The summed E-state index contributed by atoms with van der Waals surface area (Å²) >= 11 is 0. The highest BCUT2D eigenvalue weighted by Crippen LogP contribution is 2.38. The molecule has 0 radical (unpaired) electrons. The minimum atomic E-state index is -1.36. The van der Waals surface area contributed by atoms with E-state index in [1.807, 2.05) is 0 Å². The highest BCUT2D eigenvalue weighted by molar-refractivity contribution is 5.19. The van der Waals surface area contributed by atoms with Gasteiger partial charge in [0.1, 0.15) is 0 Å². The van der Waals surface area contributed by atoms with Crippen molar-refractivity contribution in [1.29, 1.82) is 0 Å². The maximum atomic E-state index is 13.3. The largest absolute Gasteiger partial charge is 0.204 e. The minimum absolute atomic E-state index is 0.580. The summed E-state index contributed by atoms with van der Waals surface area (Å²) < 4.78 is 39.7. The fourth-order valence-corrected chi connectivity index (χ4v) is 5.33. The Morgan fingerprint density at radius 1 is 0.667 bits per heavy atom. The molecule has 3 rings (SSSR count). The smallest absolute Gasteiger partial charge is 0.194 e. The zero-order valence-corrected chi connectivity index (χ0v) is 16.8. The van der Waals surface area contributed by atoms with Gasteiger partial charge in [-0.3, -0.25) is 0 Å². The van der Waals surface area contributed by atoms with Crippen LogP contribution in [-0.4, -0.2) is 0 Å². The van der Waals surface area contributed by atoms with Crippen LogP contribution >= 0.6 is 0 Å². The summed E-state index contributed by atoms with van der Waals surface area (Å²) in [5.41, 5.74) is 0.580. The second kappa shape index (κ2) is 9.98. The summed E-state index contributed by atoms with van der Waals surface area (Å²) in [5, 5.41) is 0. The molecule has 1 aromatic carbocycles. The number of hydrogen-bond acceptors (Lipinski definition) is 0. The predicted molar refractivity (Wildman–Crippen MR) is 105 cm³/mol. The van der Waals surface area contributed by atoms with Gasteiger partial charge in [-0.15, -0.1) is 0 Å². The van der Waals surface area contributed by atoms with E-state index in [1.165, 1.54) is 70.6 Å². The molecule has 2 aliphatic carbocycles. The van der Waals surface area contributed by atoms with Crippen molar-refractivity contribution < 1.29 is 13.2 Å². The van der Waals surface area contributed by atoms with Gasteiger partial charge in [0.15, 0.2) is 17.5 Å². The fraction of sp³-hybridized carbons (Fsp3) is 0.750.